The Morgan fingerprint density at radius 1 is 1.13 bits per heavy atom. The zero-order valence-electron chi connectivity index (χ0n) is 17.1. The molecule has 1 heterocycles. The van der Waals surface area contributed by atoms with Crippen molar-refractivity contribution in [3.8, 4) is 0 Å². The second-order valence-corrected chi connectivity index (χ2v) is 8.60. The van der Waals surface area contributed by atoms with Crippen LogP contribution in [0.15, 0.2) is 54.7 Å². The van der Waals surface area contributed by atoms with Gasteiger partial charge in [-0.15, -0.1) is 0 Å². The molecule has 0 saturated heterocycles. The Kier molecular flexibility index (Phi) is 6.33. The van der Waals surface area contributed by atoms with E-state index in [4.69, 9.17) is 11.6 Å². The fourth-order valence-electron chi connectivity index (χ4n) is 4.73. The molecule has 0 bridgehead atoms. The third kappa shape index (κ3) is 4.49. The van der Waals surface area contributed by atoms with Crippen LogP contribution in [0.1, 0.15) is 60.9 Å². The molecule has 4 rings (SSSR count). The first kappa shape index (κ1) is 20.8. The highest BCUT2D eigenvalue weighted by atomic mass is 35.5. The van der Waals surface area contributed by atoms with E-state index in [2.05, 4.69) is 17.2 Å². The van der Waals surface area contributed by atoms with Crippen molar-refractivity contribution in [2.45, 2.75) is 51.0 Å². The van der Waals surface area contributed by atoms with E-state index in [1.165, 1.54) is 11.6 Å². The predicted octanol–water partition coefficient (Wildman–Crippen LogP) is 6.51. The molecule has 0 radical (unpaired) electrons. The molecule has 0 aliphatic heterocycles. The Hall–Kier alpha value is -2.46. The van der Waals surface area contributed by atoms with Gasteiger partial charge >= 0.3 is 0 Å². The molecule has 156 valence electrons. The Morgan fingerprint density at radius 3 is 2.57 bits per heavy atom. The van der Waals surface area contributed by atoms with E-state index in [-0.39, 0.29) is 17.8 Å². The molecule has 30 heavy (non-hydrogen) atoms. The number of hydrogen-bond acceptors (Lipinski definition) is 2. The number of nitrogens with zero attached hydrogens (tertiary/aromatic N) is 1. The Balaban J connectivity index is 1.43. The highest BCUT2D eigenvalue weighted by Gasteiger charge is 2.29. The van der Waals surface area contributed by atoms with Gasteiger partial charge in [0.05, 0.1) is 5.52 Å². The molecule has 1 N–H and O–H groups in total. The van der Waals surface area contributed by atoms with E-state index < -0.39 is 0 Å². The molecular weight excluding hydrogens is 399 g/mol. The summed E-state index contributed by atoms with van der Waals surface area (Å²) in [5.74, 6) is 0.586. The monoisotopic (exact) mass is 424 g/mol. The number of rotatable bonds is 5. The lowest BCUT2D eigenvalue weighted by Crippen LogP contribution is -2.41. The van der Waals surface area contributed by atoms with E-state index in [9.17, 15) is 9.18 Å². The van der Waals surface area contributed by atoms with Crippen LogP contribution < -0.4 is 5.32 Å². The van der Waals surface area contributed by atoms with Gasteiger partial charge in [0.15, 0.2) is 0 Å². The van der Waals surface area contributed by atoms with Gasteiger partial charge in [0.2, 0.25) is 0 Å². The molecule has 0 spiro atoms. The second kappa shape index (κ2) is 9.13. The Labute approximate surface area is 181 Å². The lowest BCUT2D eigenvalue weighted by Gasteiger charge is -2.34. The van der Waals surface area contributed by atoms with Gasteiger partial charge in [-0.1, -0.05) is 18.5 Å². The van der Waals surface area contributed by atoms with Gasteiger partial charge in [-0.05, 0) is 98.0 Å². The van der Waals surface area contributed by atoms with Crippen LogP contribution in [0, 0.1) is 11.7 Å². The van der Waals surface area contributed by atoms with Gasteiger partial charge < -0.3 is 5.32 Å². The molecule has 5 heteroatoms. The minimum Gasteiger partial charge on any atom is -0.349 e. The van der Waals surface area contributed by atoms with Crippen molar-refractivity contribution in [1.82, 2.24) is 10.3 Å². The maximum atomic E-state index is 13.8. The summed E-state index contributed by atoms with van der Waals surface area (Å²) in [6.45, 7) is 2.12. The van der Waals surface area contributed by atoms with Gasteiger partial charge in [-0.3, -0.25) is 9.78 Å². The zero-order chi connectivity index (χ0) is 21.1. The molecule has 1 aliphatic rings. The molecule has 1 atom stereocenters. The van der Waals surface area contributed by atoms with Crippen molar-refractivity contribution in [3.63, 3.8) is 0 Å². The summed E-state index contributed by atoms with van der Waals surface area (Å²) in [4.78, 5) is 17.0. The van der Waals surface area contributed by atoms with Crippen LogP contribution in [0.4, 0.5) is 4.39 Å². The number of hydrogen-bond donors (Lipinski definition) is 1. The first-order chi connectivity index (χ1) is 14.5. The minimum absolute atomic E-state index is 0.0451. The predicted molar refractivity (Wildman–Crippen MR) is 119 cm³/mol. The molecule has 1 aliphatic carbocycles. The molecule has 1 fully saturated rings. The third-order valence-corrected chi connectivity index (χ3v) is 6.63. The van der Waals surface area contributed by atoms with Crippen LogP contribution in [-0.2, 0) is 0 Å². The summed E-state index contributed by atoms with van der Waals surface area (Å²) in [5.41, 5.74) is 2.67. The summed E-state index contributed by atoms with van der Waals surface area (Å²) >= 11 is 5.92. The van der Waals surface area contributed by atoms with E-state index in [1.807, 2.05) is 12.3 Å². The lowest BCUT2D eigenvalue weighted by atomic mass is 9.75. The first-order valence-electron chi connectivity index (χ1n) is 10.7. The van der Waals surface area contributed by atoms with Gasteiger partial charge in [-0.25, -0.2) is 4.39 Å². The molecular formula is C25H26ClFN2O. The Morgan fingerprint density at radius 2 is 1.87 bits per heavy atom. The summed E-state index contributed by atoms with van der Waals surface area (Å²) in [6, 6.07) is 14.0. The van der Waals surface area contributed by atoms with Crippen LogP contribution in [0.2, 0.25) is 5.02 Å². The van der Waals surface area contributed by atoms with Crippen LogP contribution in [0.3, 0.4) is 0 Å². The quantitative estimate of drug-likeness (QED) is 0.507. The second-order valence-electron chi connectivity index (χ2n) is 8.17. The Bertz CT molecular complexity index is 1030. The van der Waals surface area contributed by atoms with Crippen molar-refractivity contribution in [1.29, 1.82) is 0 Å². The number of carbonyl (C=O) groups is 1. The molecule has 3 nitrogen and oxygen atoms in total. The summed E-state index contributed by atoms with van der Waals surface area (Å²) in [5, 5.41) is 4.77. The van der Waals surface area contributed by atoms with E-state index in [0.29, 0.717) is 22.4 Å². The summed E-state index contributed by atoms with van der Waals surface area (Å²) in [6.07, 6.45) is 6.88. The van der Waals surface area contributed by atoms with Gasteiger partial charge in [-0.2, -0.15) is 0 Å². The minimum atomic E-state index is -0.221. The third-order valence-electron chi connectivity index (χ3n) is 6.38. The van der Waals surface area contributed by atoms with Crippen LogP contribution in [0.25, 0.3) is 10.9 Å². The molecule has 3 aromatic rings. The summed E-state index contributed by atoms with van der Waals surface area (Å²) < 4.78 is 13.8. The van der Waals surface area contributed by atoms with Gasteiger partial charge in [0.1, 0.15) is 5.82 Å². The average molecular weight is 425 g/mol. The van der Waals surface area contributed by atoms with E-state index in [1.54, 1.807) is 36.4 Å². The van der Waals surface area contributed by atoms with Crippen LogP contribution in [0.5, 0.6) is 0 Å². The van der Waals surface area contributed by atoms with Crippen molar-refractivity contribution >= 4 is 28.4 Å². The largest absolute Gasteiger partial charge is 0.349 e. The number of nitrogens with one attached hydrogen (secondary N) is 1. The van der Waals surface area contributed by atoms with E-state index in [0.717, 1.165) is 43.0 Å². The highest BCUT2D eigenvalue weighted by Crippen LogP contribution is 2.39. The number of carbonyl (C=O) groups excluding carboxylic acids is 1. The average Bonchev–Trinajstić information content (AvgIpc) is 2.77. The first-order valence-corrected chi connectivity index (χ1v) is 11.0. The van der Waals surface area contributed by atoms with Crippen molar-refractivity contribution in [2.75, 3.05) is 0 Å². The SMILES string of the molecule is CC[C@H](NC(=O)c1ccc(Cl)cc1)C1CCC(c2ccnc3ccc(F)cc23)CC1. The standard InChI is InChI=1S/C25H26ClFN2O/c1-2-23(29-25(30)18-7-9-19(26)10-8-18)17-5-3-16(4-6-17)21-13-14-28-24-12-11-20(27)15-22(21)24/h7-17,23H,2-6H2,1H3,(H,29,30)/t16?,17?,23-/m0/s1. The fraction of sp³-hybridized carbons (Fsp3) is 0.360. The number of amides is 1. The number of pyridine rings is 1. The number of benzene rings is 2. The van der Waals surface area contributed by atoms with Crippen molar-refractivity contribution in [3.05, 3.63) is 76.7 Å². The molecule has 2 aromatic carbocycles. The maximum absolute atomic E-state index is 13.8. The fourth-order valence-corrected chi connectivity index (χ4v) is 4.86. The highest BCUT2D eigenvalue weighted by molar-refractivity contribution is 6.30. The molecule has 1 saturated carbocycles. The molecule has 1 amide bonds. The maximum Gasteiger partial charge on any atom is 0.251 e. The number of halogens is 2. The number of aromatic nitrogens is 1. The summed E-state index contributed by atoms with van der Waals surface area (Å²) in [7, 11) is 0. The molecule has 0 unspecified atom stereocenters. The lowest BCUT2D eigenvalue weighted by molar-refractivity contribution is 0.0909. The van der Waals surface area contributed by atoms with E-state index >= 15 is 0 Å². The van der Waals surface area contributed by atoms with Gasteiger partial charge in [0, 0.05) is 28.2 Å². The normalized spacial score (nSPS) is 20.1. The van der Waals surface area contributed by atoms with Crippen molar-refractivity contribution < 1.29 is 9.18 Å². The molecule has 1 aromatic heterocycles. The number of fused-ring (bicyclic) bond motifs is 1. The van der Waals surface area contributed by atoms with Crippen LogP contribution >= 0.6 is 11.6 Å². The van der Waals surface area contributed by atoms with Gasteiger partial charge in [0.25, 0.3) is 5.91 Å². The topological polar surface area (TPSA) is 42.0 Å². The zero-order valence-corrected chi connectivity index (χ0v) is 17.8. The van der Waals surface area contributed by atoms with Crippen molar-refractivity contribution in [2.24, 2.45) is 5.92 Å². The smallest absolute Gasteiger partial charge is 0.251 e. The van der Waals surface area contributed by atoms with Crippen LogP contribution in [-0.4, -0.2) is 16.9 Å².